The molecule has 8 nitrogen and oxygen atoms in total. The highest BCUT2D eigenvalue weighted by atomic mass is 16.6. The Balaban J connectivity index is 1.81. The molecule has 8 heteroatoms. The smallest absolute Gasteiger partial charge is 0.410 e. The Labute approximate surface area is 129 Å². The van der Waals surface area contributed by atoms with Crippen LogP contribution in [0.15, 0.2) is 4.52 Å². The lowest BCUT2D eigenvalue weighted by molar-refractivity contribution is -0.132. The Morgan fingerprint density at radius 3 is 2.27 bits per heavy atom. The largest absolute Gasteiger partial charge is 0.444 e. The van der Waals surface area contributed by atoms with Crippen molar-refractivity contribution in [3.8, 4) is 0 Å². The van der Waals surface area contributed by atoms with E-state index in [2.05, 4.69) is 10.1 Å². The van der Waals surface area contributed by atoms with E-state index < -0.39 is 5.60 Å². The maximum atomic E-state index is 12.2. The summed E-state index contributed by atoms with van der Waals surface area (Å²) in [6.45, 7) is 9.06. The van der Waals surface area contributed by atoms with Gasteiger partial charge in [0.15, 0.2) is 5.82 Å². The molecule has 0 N–H and O–H groups in total. The second-order valence-corrected chi connectivity index (χ2v) is 6.25. The molecule has 1 aliphatic rings. The Morgan fingerprint density at radius 1 is 1.18 bits per heavy atom. The molecule has 0 bridgehead atoms. The van der Waals surface area contributed by atoms with E-state index >= 15 is 0 Å². The van der Waals surface area contributed by atoms with Gasteiger partial charge in [0.2, 0.25) is 11.8 Å². The highest BCUT2D eigenvalue weighted by molar-refractivity contribution is 5.78. The predicted octanol–water partition coefficient (Wildman–Crippen LogP) is 1.000. The van der Waals surface area contributed by atoms with Crippen LogP contribution in [0.4, 0.5) is 4.79 Å². The van der Waals surface area contributed by atoms with Crippen molar-refractivity contribution in [3.05, 3.63) is 11.7 Å². The van der Waals surface area contributed by atoms with Gasteiger partial charge in [0.05, 0.1) is 6.42 Å². The van der Waals surface area contributed by atoms with E-state index in [4.69, 9.17) is 9.26 Å². The minimum absolute atomic E-state index is 0.0651. The van der Waals surface area contributed by atoms with Crippen LogP contribution in [-0.2, 0) is 16.0 Å². The van der Waals surface area contributed by atoms with Gasteiger partial charge in [-0.1, -0.05) is 5.16 Å². The molecular formula is C14H22N4O4. The van der Waals surface area contributed by atoms with Gasteiger partial charge in [0.1, 0.15) is 5.60 Å². The SMILES string of the molecule is Cc1nc(CC(=O)N2CCN(C(=O)OC(C)(C)C)CC2)no1. The van der Waals surface area contributed by atoms with E-state index in [1.165, 1.54) is 0 Å². The van der Waals surface area contributed by atoms with Crippen molar-refractivity contribution < 1.29 is 18.8 Å². The van der Waals surface area contributed by atoms with E-state index in [1.54, 1.807) is 16.7 Å². The summed E-state index contributed by atoms with van der Waals surface area (Å²) in [6.07, 6.45) is -0.225. The van der Waals surface area contributed by atoms with Gasteiger partial charge in [-0.25, -0.2) is 4.79 Å². The van der Waals surface area contributed by atoms with Crippen LogP contribution in [0, 0.1) is 6.92 Å². The molecule has 1 fully saturated rings. The first-order valence-electron chi connectivity index (χ1n) is 7.29. The summed E-state index contributed by atoms with van der Waals surface area (Å²) in [6, 6.07) is 0. The summed E-state index contributed by atoms with van der Waals surface area (Å²) in [7, 11) is 0. The molecule has 122 valence electrons. The minimum atomic E-state index is -0.513. The normalized spacial score (nSPS) is 15.8. The van der Waals surface area contributed by atoms with Gasteiger partial charge in [-0.3, -0.25) is 4.79 Å². The van der Waals surface area contributed by atoms with E-state index in [-0.39, 0.29) is 18.4 Å². The zero-order chi connectivity index (χ0) is 16.3. The zero-order valence-electron chi connectivity index (χ0n) is 13.5. The van der Waals surface area contributed by atoms with Gasteiger partial charge in [0.25, 0.3) is 0 Å². The number of ether oxygens (including phenoxy) is 1. The fraction of sp³-hybridized carbons (Fsp3) is 0.714. The van der Waals surface area contributed by atoms with Crippen molar-refractivity contribution >= 4 is 12.0 Å². The summed E-state index contributed by atoms with van der Waals surface area (Å²) in [5.74, 6) is 0.763. The molecule has 0 saturated carbocycles. The maximum absolute atomic E-state index is 12.2. The number of carbonyl (C=O) groups excluding carboxylic acids is 2. The molecule has 0 spiro atoms. The van der Waals surface area contributed by atoms with Gasteiger partial charge >= 0.3 is 6.09 Å². The van der Waals surface area contributed by atoms with Crippen LogP contribution in [0.1, 0.15) is 32.5 Å². The lowest BCUT2D eigenvalue weighted by Gasteiger charge is -2.35. The van der Waals surface area contributed by atoms with Crippen molar-refractivity contribution in [2.75, 3.05) is 26.2 Å². The van der Waals surface area contributed by atoms with Crippen molar-refractivity contribution in [2.45, 2.75) is 39.7 Å². The Bertz CT molecular complexity index is 541. The van der Waals surface area contributed by atoms with Crippen LogP contribution in [0.5, 0.6) is 0 Å². The summed E-state index contributed by atoms with van der Waals surface area (Å²) >= 11 is 0. The summed E-state index contributed by atoms with van der Waals surface area (Å²) in [5.41, 5.74) is -0.513. The van der Waals surface area contributed by atoms with E-state index in [0.29, 0.717) is 37.9 Å². The Morgan fingerprint density at radius 2 is 1.77 bits per heavy atom. The van der Waals surface area contributed by atoms with Crippen LogP contribution in [0.2, 0.25) is 0 Å². The number of amides is 2. The molecule has 0 aromatic carbocycles. The molecule has 0 aliphatic carbocycles. The first kappa shape index (κ1) is 16.3. The molecule has 0 radical (unpaired) electrons. The second-order valence-electron chi connectivity index (χ2n) is 6.25. The van der Waals surface area contributed by atoms with Crippen LogP contribution in [0.3, 0.4) is 0 Å². The average Bonchev–Trinajstić information content (AvgIpc) is 2.82. The highest BCUT2D eigenvalue weighted by Gasteiger charge is 2.28. The van der Waals surface area contributed by atoms with Gasteiger partial charge < -0.3 is 19.1 Å². The third-order valence-corrected chi connectivity index (χ3v) is 3.16. The van der Waals surface area contributed by atoms with E-state index in [0.717, 1.165) is 0 Å². The first-order chi connectivity index (χ1) is 10.2. The van der Waals surface area contributed by atoms with Crippen molar-refractivity contribution in [1.29, 1.82) is 0 Å². The number of nitrogens with zero attached hydrogens (tertiary/aromatic N) is 4. The molecular weight excluding hydrogens is 288 g/mol. The standard InChI is InChI=1S/C14H22N4O4/c1-10-15-11(16-22-10)9-12(19)17-5-7-18(8-6-17)13(20)21-14(2,3)4/h5-9H2,1-4H3. The fourth-order valence-electron chi connectivity index (χ4n) is 2.13. The number of hydrogen-bond donors (Lipinski definition) is 0. The molecule has 22 heavy (non-hydrogen) atoms. The number of hydrogen-bond acceptors (Lipinski definition) is 6. The molecule has 2 amide bonds. The predicted molar refractivity (Wildman–Crippen MR) is 77.1 cm³/mol. The maximum Gasteiger partial charge on any atom is 0.410 e. The topological polar surface area (TPSA) is 88.8 Å². The quantitative estimate of drug-likeness (QED) is 0.809. The molecule has 1 saturated heterocycles. The van der Waals surface area contributed by atoms with Gasteiger partial charge in [-0.2, -0.15) is 4.98 Å². The molecule has 2 heterocycles. The van der Waals surface area contributed by atoms with E-state index in [1.807, 2.05) is 20.8 Å². The fourth-order valence-corrected chi connectivity index (χ4v) is 2.13. The number of carbonyl (C=O) groups is 2. The van der Waals surface area contributed by atoms with Crippen LogP contribution >= 0.6 is 0 Å². The molecule has 1 aliphatic heterocycles. The molecule has 0 unspecified atom stereocenters. The lowest BCUT2D eigenvalue weighted by atomic mass is 10.2. The van der Waals surface area contributed by atoms with Gasteiger partial charge in [-0.05, 0) is 20.8 Å². The monoisotopic (exact) mass is 310 g/mol. The summed E-state index contributed by atoms with van der Waals surface area (Å²) in [5, 5.41) is 3.72. The Hall–Kier alpha value is -2.12. The van der Waals surface area contributed by atoms with Crippen LogP contribution in [-0.4, -0.2) is 63.7 Å². The van der Waals surface area contributed by atoms with Crippen LogP contribution in [0.25, 0.3) is 0 Å². The first-order valence-corrected chi connectivity index (χ1v) is 7.29. The average molecular weight is 310 g/mol. The number of aromatic nitrogens is 2. The van der Waals surface area contributed by atoms with E-state index in [9.17, 15) is 9.59 Å². The van der Waals surface area contributed by atoms with Gasteiger partial charge in [0, 0.05) is 33.1 Å². The third kappa shape index (κ3) is 4.44. The Kier molecular flexibility index (Phi) is 4.68. The molecule has 0 atom stereocenters. The molecule has 1 aromatic heterocycles. The van der Waals surface area contributed by atoms with Crippen LogP contribution < -0.4 is 0 Å². The lowest BCUT2D eigenvalue weighted by Crippen LogP contribution is -2.52. The summed E-state index contributed by atoms with van der Waals surface area (Å²) in [4.78, 5) is 31.4. The highest BCUT2D eigenvalue weighted by Crippen LogP contribution is 2.12. The molecule has 2 rings (SSSR count). The number of aryl methyl sites for hydroxylation is 1. The zero-order valence-corrected chi connectivity index (χ0v) is 13.5. The number of rotatable bonds is 2. The second kappa shape index (κ2) is 6.33. The van der Waals surface area contributed by atoms with Crippen molar-refractivity contribution in [3.63, 3.8) is 0 Å². The molecule has 1 aromatic rings. The minimum Gasteiger partial charge on any atom is -0.444 e. The number of piperazine rings is 1. The van der Waals surface area contributed by atoms with Crippen molar-refractivity contribution in [2.24, 2.45) is 0 Å². The summed E-state index contributed by atoms with van der Waals surface area (Å²) < 4.78 is 10.2. The van der Waals surface area contributed by atoms with Crippen molar-refractivity contribution in [1.82, 2.24) is 19.9 Å². The third-order valence-electron chi connectivity index (χ3n) is 3.16. The van der Waals surface area contributed by atoms with Gasteiger partial charge in [-0.15, -0.1) is 0 Å².